The van der Waals surface area contributed by atoms with Gasteiger partial charge in [0, 0.05) is 35.7 Å². The Kier molecular flexibility index (Phi) is 3.51. The third-order valence-electron chi connectivity index (χ3n) is 3.36. The van der Waals surface area contributed by atoms with Crippen molar-refractivity contribution in [1.82, 2.24) is 4.98 Å². The number of carboxylic acids is 1. The molecule has 7 nitrogen and oxygen atoms in total. The first-order valence-electron chi connectivity index (χ1n) is 6.24. The fourth-order valence-electron chi connectivity index (χ4n) is 2.03. The number of hydrogen-bond acceptors (Lipinski definition) is 4. The molecule has 1 aromatic carbocycles. The number of carboxylic acid groups (broad SMARTS) is 1. The van der Waals surface area contributed by atoms with Crippen molar-refractivity contribution in [1.29, 1.82) is 0 Å². The number of fused-ring (bicyclic) bond motifs is 1. The number of H-pyrrole nitrogens is 1. The summed E-state index contributed by atoms with van der Waals surface area (Å²) in [6.07, 6.45) is 1.31. The van der Waals surface area contributed by atoms with Gasteiger partial charge in [-0.25, -0.2) is 0 Å². The van der Waals surface area contributed by atoms with E-state index in [1.807, 2.05) is 0 Å². The molecule has 110 valence electrons. The van der Waals surface area contributed by atoms with Gasteiger partial charge in [0.15, 0.2) is 5.78 Å². The van der Waals surface area contributed by atoms with Crippen LogP contribution in [0.4, 0.5) is 5.69 Å². The van der Waals surface area contributed by atoms with Gasteiger partial charge in [0.25, 0.3) is 5.69 Å². The van der Waals surface area contributed by atoms with E-state index in [2.05, 4.69) is 4.98 Å². The lowest BCUT2D eigenvalue weighted by atomic mass is 9.85. The van der Waals surface area contributed by atoms with E-state index in [4.69, 9.17) is 5.11 Å². The lowest BCUT2D eigenvalue weighted by Gasteiger charge is -2.17. The number of nitro groups is 1. The van der Waals surface area contributed by atoms with Crippen LogP contribution in [-0.2, 0) is 4.79 Å². The van der Waals surface area contributed by atoms with Gasteiger partial charge in [-0.05, 0) is 19.9 Å². The van der Waals surface area contributed by atoms with Crippen molar-refractivity contribution < 1.29 is 19.6 Å². The fourth-order valence-corrected chi connectivity index (χ4v) is 2.03. The number of nitro benzene ring substituents is 1. The van der Waals surface area contributed by atoms with Gasteiger partial charge in [0.1, 0.15) is 0 Å². The van der Waals surface area contributed by atoms with E-state index in [1.54, 1.807) is 0 Å². The molecule has 2 aromatic rings. The summed E-state index contributed by atoms with van der Waals surface area (Å²) in [5.41, 5.74) is -0.425. The first-order chi connectivity index (χ1) is 9.72. The predicted octanol–water partition coefficient (Wildman–Crippen LogP) is 2.76. The largest absolute Gasteiger partial charge is 0.481 e. The smallest absolute Gasteiger partial charge is 0.309 e. The average Bonchev–Trinajstić information content (AvgIpc) is 2.80. The molecule has 0 saturated carbocycles. The van der Waals surface area contributed by atoms with Gasteiger partial charge < -0.3 is 10.1 Å². The van der Waals surface area contributed by atoms with Crippen LogP contribution in [-0.4, -0.2) is 26.8 Å². The van der Waals surface area contributed by atoms with Crippen molar-refractivity contribution in [3.05, 3.63) is 40.1 Å². The van der Waals surface area contributed by atoms with E-state index in [0.717, 1.165) is 0 Å². The predicted molar refractivity (Wildman–Crippen MR) is 75.3 cm³/mol. The third kappa shape index (κ3) is 2.76. The summed E-state index contributed by atoms with van der Waals surface area (Å²) in [5, 5.41) is 20.3. The normalized spacial score (nSPS) is 11.5. The monoisotopic (exact) mass is 290 g/mol. The maximum absolute atomic E-state index is 12.2. The van der Waals surface area contributed by atoms with Crippen LogP contribution in [0.1, 0.15) is 30.6 Å². The molecule has 0 fully saturated rings. The van der Waals surface area contributed by atoms with Crippen molar-refractivity contribution in [3.8, 4) is 0 Å². The Hall–Kier alpha value is -2.70. The van der Waals surface area contributed by atoms with Crippen molar-refractivity contribution in [3.63, 3.8) is 0 Å². The Morgan fingerprint density at radius 2 is 2.05 bits per heavy atom. The van der Waals surface area contributed by atoms with Gasteiger partial charge in [-0.2, -0.15) is 0 Å². The number of non-ortho nitro benzene ring substituents is 1. The number of ketones is 1. The number of Topliss-reactive ketones (excluding diaryl/α,β-unsaturated/α-hetero) is 1. The topological polar surface area (TPSA) is 113 Å². The number of aromatic amines is 1. The van der Waals surface area contributed by atoms with Gasteiger partial charge in [-0.1, -0.05) is 0 Å². The lowest BCUT2D eigenvalue weighted by Crippen LogP contribution is -2.26. The highest BCUT2D eigenvalue weighted by atomic mass is 16.6. The number of aliphatic carboxylic acids is 1. The number of rotatable bonds is 5. The molecule has 0 unspecified atom stereocenters. The highest BCUT2D eigenvalue weighted by Gasteiger charge is 2.31. The van der Waals surface area contributed by atoms with E-state index in [1.165, 1.54) is 38.2 Å². The Morgan fingerprint density at radius 3 is 2.62 bits per heavy atom. The maximum Gasteiger partial charge on any atom is 0.309 e. The van der Waals surface area contributed by atoms with Gasteiger partial charge in [-0.15, -0.1) is 0 Å². The molecule has 0 atom stereocenters. The summed E-state index contributed by atoms with van der Waals surface area (Å²) >= 11 is 0. The number of carbonyl (C=O) groups excluding carboxylic acids is 1. The van der Waals surface area contributed by atoms with Crippen LogP contribution in [0, 0.1) is 15.5 Å². The molecule has 2 N–H and O–H groups in total. The van der Waals surface area contributed by atoms with E-state index >= 15 is 0 Å². The number of nitrogens with one attached hydrogen (secondary N) is 1. The summed E-state index contributed by atoms with van der Waals surface area (Å²) in [6.45, 7) is 2.96. The first-order valence-corrected chi connectivity index (χ1v) is 6.24. The second-order valence-electron chi connectivity index (χ2n) is 5.48. The van der Waals surface area contributed by atoms with E-state index in [9.17, 15) is 19.7 Å². The minimum atomic E-state index is -1.17. The second kappa shape index (κ2) is 5.01. The molecular weight excluding hydrogens is 276 g/mol. The number of aromatic nitrogens is 1. The van der Waals surface area contributed by atoms with Crippen LogP contribution in [0.3, 0.4) is 0 Å². The van der Waals surface area contributed by atoms with Crippen molar-refractivity contribution in [2.24, 2.45) is 5.41 Å². The fraction of sp³-hybridized carbons (Fsp3) is 0.286. The Bertz CT molecular complexity index is 745. The molecule has 1 aromatic heterocycles. The quantitative estimate of drug-likeness (QED) is 0.499. The summed E-state index contributed by atoms with van der Waals surface area (Å²) < 4.78 is 0. The zero-order valence-electron chi connectivity index (χ0n) is 11.5. The van der Waals surface area contributed by atoms with Crippen LogP contribution >= 0.6 is 0 Å². The average molecular weight is 290 g/mol. The van der Waals surface area contributed by atoms with Gasteiger partial charge in [0.05, 0.1) is 15.9 Å². The molecule has 21 heavy (non-hydrogen) atoms. The van der Waals surface area contributed by atoms with Gasteiger partial charge >= 0.3 is 5.97 Å². The minimum Gasteiger partial charge on any atom is -0.481 e. The van der Waals surface area contributed by atoms with Crippen LogP contribution < -0.4 is 0 Å². The zero-order chi connectivity index (χ0) is 15.8. The van der Waals surface area contributed by atoms with Crippen molar-refractivity contribution in [2.45, 2.75) is 20.3 Å². The molecule has 2 rings (SSSR count). The molecule has 0 aliphatic carbocycles. The molecule has 0 radical (unpaired) electrons. The van der Waals surface area contributed by atoms with Gasteiger partial charge in [-0.3, -0.25) is 19.7 Å². The summed E-state index contributed by atoms with van der Waals surface area (Å²) in [6, 6.07) is 4.15. The summed E-state index contributed by atoms with van der Waals surface area (Å²) in [5.74, 6) is -1.37. The van der Waals surface area contributed by atoms with Crippen LogP contribution in [0.25, 0.3) is 10.9 Å². The number of hydrogen-bond donors (Lipinski definition) is 2. The highest BCUT2D eigenvalue weighted by Crippen LogP contribution is 2.28. The minimum absolute atomic E-state index is 0.0748. The Morgan fingerprint density at radius 1 is 1.38 bits per heavy atom. The molecule has 0 amide bonds. The Labute approximate surface area is 119 Å². The number of carbonyl (C=O) groups is 2. The van der Waals surface area contributed by atoms with Crippen LogP contribution in [0.5, 0.6) is 0 Å². The molecule has 1 heterocycles. The number of benzene rings is 1. The molecule has 0 aliphatic rings. The van der Waals surface area contributed by atoms with Crippen LogP contribution in [0.15, 0.2) is 24.4 Å². The van der Waals surface area contributed by atoms with Crippen molar-refractivity contribution in [2.75, 3.05) is 0 Å². The standard InChI is InChI=1S/C14H14N2O5/c1-14(2,13(18)19)6-12(17)10-7-15-11-5-8(16(20)21)3-4-9(10)11/h3-5,7,15H,6H2,1-2H3,(H,18,19). The summed E-state index contributed by atoms with van der Waals surface area (Å²) in [4.78, 5) is 36.3. The summed E-state index contributed by atoms with van der Waals surface area (Å²) in [7, 11) is 0. The molecule has 0 saturated heterocycles. The van der Waals surface area contributed by atoms with Crippen molar-refractivity contribution >= 4 is 28.3 Å². The molecule has 0 spiro atoms. The van der Waals surface area contributed by atoms with E-state index < -0.39 is 16.3 Å². The van der Waals surface area contributed by atoms with Crippen LogP contribution in [0.2, 0.25) is 0 Å². The van der Waals surface area contributed by atoms with E-state index in [-0.39, 0.29) is 17.9 Å². The lowest BCUT2D eigenvalue weighted by molar-refractivity contribution is -0.384. The Balaban J connectivity index is 2.37. The molecular formula is C14H14N2O5. The first kappa shape index (κ1) is 14.7. The maximum atomic E-state index is 12.2. The SMILES string of the molecule is CC(C)(CC(=O)c1c[nH]c2cc([N+](=O)[O-])ccc12)C(=O)O. The second-order valence-corrected chi connectivity index (χ2v) is 5.48. The van der Waals surface area contributed by atoms with Gasteiger partial charge in [0.2, 0.25) is 0 Å². The number of nitrogens with zero attached hydrogens (tertiary/aromatic N) is 1. The van der Waals surface area contributed by atoms with E-state index in [0.29, 0.717) is 16.5 Å². The zero-order valence-corrected chi connectivity index (χ0v) is 11.5. The molecule has 0 bridgehead atoms. The molecule has 0 aliphatic heterocycles. The molecule has 7 heteroatoms. The highest BCUT2D eigenvalue weighted by molar-refractivity contribution is 6.09. The third-order valence-corrected chi connectivity index (χ3v) is 3.36.